The van der Waals surface area contributed by atoms with Gasteiger partial charge in [-0.2, -0.15) is 0 Å². The van der Waals surface area contributed by atoms with E-state index in [1.165, 1.54) is 77.4 Å². The summed E-state index contributed by atoms with van der Waals surface area (Å²) in [6, 6.07) is 35.3. The van der Waals surface area contributed by atoms with Crippen LogP contribution in [0.25, 0.3) is 0 Å². The van der Waals surface area contributed by atoms with Crippen molar-refractivity contribution in [3.8, 4) is 0 Å². The zero-order valence-corrected chi connectivity index (χ0v) is 27.6. The molecule has 4 aromatic rings. The summed E-state index contributed by atoms with van der Waals surface area (Å²) in [5, 5.41) is 0. The number of para-hydroxylation sites is 1. The Bertz CT molecular complexity index is 1740. The van der Waals surface area contributed by atoms with E-state index in [0.717, 1.165) is 23.7 Å². The minimum absolute atomic E-state index is 0.0812. The zero-order chi connectivity index (χ0) is 29.8. The summed E-state index contributed by atoms with van der Waals surface area (Å²) in [5.41, 5.74) is 10.7. The van der Waals surface area contributed by atoms with Crippen LogP contribution in [0.5, 0.6) is 0 Å². The average molecular weight is 596 g/mol. The van der Waals surface area contributed by atoms with Crippen molar-refractivity contribution in [2.75, 3.05) is 4.90 Å². The van der Waals surface area contributed by atoms with Gasteiger partial charge in [-0.1, -0.05) is 94.1 Å². The van der Waals surface area contributed by atoms with E-state index in [-0.39, 0.29) is 16.2 Å². The molecule has 0 radical (unpaired) electrons. The fourth-order valence-electron chi connectivity index (χ4n) is 11.0. The van der Waals surface area contributed by atoms with Crippen LogP contribution in [0, 0.1) is 23.7 Å². The minimum atomic E-state index is 0.0812. The summed E-state index contributed by atoms with van der Waals surface area (Å²) in [5.74, 6) is 3.29. The number of rotatable bonds is 3. The largest absolute Gasteiger partial charge is 0.310 e. The van der Waals surface area contributed by atoms with E-state index in [4.69, 9.17) is 0 Å². The Hall–Kier alpha value is -2.97. The second-order valence-electron chi connectivity index (χ2n) is 16.1. The molecule has 5 aliphatic carbocycles. The Morgan fingerprint density at radius 1 is 0.545 bits per heavy atom. The average Bonchev–Trinajstić information content (AvgIpc) is 3.02. The number of hydrogen-bond donors (Lipinski definition) is 0. The van der Waals surface area contributed by atoms with Crippen LogP contribution in [0.3, 0.4) is 0 Å². The van der Waals surface area contributed by atoms with Gasteiger partial charge in [-0.15, -0.1) is 0 Å². The Morgan fingerprint density at radius 2 is 1.11 bits per heavy atom. The highest BCUT2D eigenvalue weighted by molar-refractivity contribution is 7.99. The normalized spacial score (nSPS) is 30.0. The molecule has 0 aromatic heterocycles. The summed E-state index contributed by atoms with van der Waals surface area (Å²) in [6.45, 7) is 9.89. The fourth-order valence-corrected chi connectivity index (χ4v) is 12.3. The summed E-state index contributed by atoms with van der Waals surface area (Å²) in [6.07, 6.45) is 9.50. The molecule has 0 amide bonds. The first kappa shape index (κ1) is 27.3. The molecule has 44 heavy (non-hydrogen) atoms. The smallest absolute Gasteiger partial charge is 0.0514 e. The van der Waals surface area contributed by atoms with E-state index in [2.05, 4.69) is 124 Å². The molecule has 1 nitrogen and oxygen atoms in total. The van der Waals surface area contributed by atoms with Gasteiger partial charge in [0.15, 0.2) is 0 Å². The van der Waals surface area contributed by atoms with Gasteiger partial charge >= 0.3 is 0 Å². The number of benzene rings is 4. The van der Waals surface area contributed by atoms with Crippen molar-refractivity contribution >= 4 is 28.8 Å². The molecule has 0 N–H and O–H groups in total. The first-order valence-electron chi connectivity index (χ1n) is 17.2. The lowest BCUT2D eigenvalue weighted by atomic mass is 9.42. The van der Waals surface area contributed by atoms with Gasteiger partial charge in [-0.3, -0.25) is 0 Å². The van der Waals surface area contributed by atoms with E-state index in [9.17, 15) is 0 Å². The molecule has 10 rings (SSSR count). The van der Waals surface area contributed by atoms with Crippen molar-refractivity contribution in [1.29, 1.82) is 0 Å². The third-order valence-electron chi connectivity index (χ3n) is 12.7. The van der Waals surface area contributed by atoms with Crippen molar-refractivity contribution in [1.82, 2.24) is 0 Å². The predicted molar refractivity (Wildman–Crippen MR) is 185 cm³/mol. The maximum absolute atomic E-state index is 2.70. The first-order chi connectivity index (χ1) is 21.3. The zero-order valence-electron chi connectivity index (χ0n) is 26.8. The standard InChI is InChI=1S/C42H45NS/c1-40(2)20-21-41(3,4)38-33(40)15-10-16-34(38)43(31-12-6-5-7-13-31)35-17-11-19-37-39(35)42(32-14-8-9-18-36(32)44-37)29-23-27-22-28(25-29)26-30(42)24-27/h5-19,27-30H,20-26H2,1-4H3. The van der Waals surface area contributed by atoms with Crippen molar-refractivity contribution in [2.45, 2.75) is 98.7 Å². The molecule has 2 heteroatoms. The van der Waals surface area contributed by atoms with Crippen molar-refractivity contribution in [3.05, 3.63) is 113 Å². The number of anilines is 3. The molecular formula is C42H45NS. The van der Waals surface area contributed by atoms with Gasteiger partial charge in [0.25, 0.3) is 0 Å². The molecule has 0 atom stereocenters. The van der Waals surface area contributed by atoms with Crippen molar-refractivity contribution in [3.63, 3.8) is 0 Å². The van der Waals surface area contributed by atoms with E-state index in [1.807, 2.05) is 11.8 Å². The monoisotopic (exact) mass is 595 g/mol. The van der Waals surface area contributed by atoms with Gasteiger partial charge in [0, 0.05) is 26.5 Å². The predicted octanol–water partition coefficient (Wildman–Crippen LogP) is 11.7. The summed E-state index contributed by atoms with van der Waals surface area (Å²) < 4.78 is 0. The number of hydrogen-bond acceptors (Lipinski definition) is 2. The third-order valence-corrected chi connectivity index (χ3v) is 13.9. The lowest BCUT2D eigenvalue weighted by Crippen LogP contribution is -2.57. The van der Waals surface area contributed by atoms with Crippen LogP contribution in [0.2, 0.25) is 0 Å². The summed E-state index contributed by atoms with van der Waals surface area (Å²) in [7, 11) is 0. The Kier molecular flexibility index (Phi) is 5.92. The molecule has 1 heterocycles. The first-order valence-corrected chi connectivity index (χ1v) is 18.0. The number of nitrogens with zero attached hydrogens (tertiary/aromatic N) is 1. The van der Waals surface area contributed by atoms with E-state index in [1.54, 1.807) is 16.7 Å². The Labute approximate surface area is 268 Å². The van der Waals surface area contributed by atoms with E-state index in [0.29, 0.717) is 0 Å². The molecule has 6 aliphatic rings. The lowest BCUT2D eigenvalue weighted by molar-refractivity contribution is -0.0441. The van der Waals surface area contributed by atoms with Crippen LogP contribution in [-0.2, 0) is 16.2 Å². The van der Waals surface area contributed by atoms with E-state index >= 15 is 0 Å². The molecule has 1 spiro atoms. The van der Waals surface area contributed by atoms with Gasteiger partial charge < -0.3 is 4.90 Å². The molecule has 0 saturated heterocycles. The van der Waals surface area contributed by atoms with Gasteiger partial charge in [0.1, 0.15) is 0 Å². The quantitative estimate of drug-likeness (QED) is 0.232. The summed E-state index contributed by atoms with van der Waals surface area (Å²) in [4.78, 5) is 5.68. The van der Waals surface area contributed by atoms with Crippen LogP contribution in [-0.4, -0.2) is 0 Å². The van der Waals surface area contributed by atoms with Gasteiger partial charge in [0.05, 0.1) is 11.4 Å². The molecule has 4 fully saturated rings. The van der Waals surface area contributed by atoms with Crippen LogP contribution < -0.4 is 4.90 Å². The van der Waals surface area contributed by atoms with Crippen LogP contribution >= 0.6 is 11.8 Å². The summed E-state index contributed by atoms with van der Waals surface area (Å²) >= 11 is 2.02. The SMILES string of the molecule is CC1(C)CCC(C)(C)c2c(N(c3ccccc3)c3cccc4c3C3(c5ccccc5S4)C4CC5CC(C4)CC3C5)cccc21. The minimum Gasteiger partial charge on any atom is -0.310 e. The topological polar surface area (TPSA) is 3.24 Å². The highest BCUT2D eigenvalue weighted by Crippen LogP contribution is 2.70. The molecular weight excluding hydrogens is 551 g/mol. The van der Waals surface area contributed by atoms with Gasteiger partial charge in [0.2, 0.25) is 0 Å². The second-order valence-corrected chi connectivity index (χ2v) is 17.1. The third kappa shape index (κ3) is 3.73. The second kappa shape index (κ2) is 9.52. The van der Waals surface area contributed by atoms with Crippen LogP contribution in [0.15, 0.2) is 101 Å². The molecule has 0 unspecified atom stereocenters. The molecule has 4 saturated carbocycles. The fraction of sp³-hybridized carbons (Fsp3) is 0.429. The number of fused-ring (bicyclic) bond motifs is 3. The van der Waals surface area contributed by atoms with Crippen LogP contribution in [0.1, 0.15) is 94.9 Å². The highest BCUT2D eigenvalue weighted by Gasteiger charge is 2.61. The highest BCUT2D eigenvalue weighted by atomic mass is 32.2. The van der Waals surface area contributed by atoms with Gasteiger partial charge in [-0.05, 0) is 133 Å². The van der Waals surface area contributed by atoms with Crippen LogP contribution in [0.4, 0.5) is 17.1 Å². The maximum atomic E-state index is 2.70. The molecule has 4 bridgehead atoms. The molecule has 224 valence electrons. The lowest BCUT2D eigenvalue weighted by Gasteiger charge is -2.63. The van der Waals surface area contributed by atoms with Crippen molar-refractivity contribution in [2.24, 2.45) is 23.7 Å². The van der Waals surface area contributed by atoms with Crippen molar-refractivity contribution < 1.29 is 0 Å². The maximum Gasteiger partial charge on any atom is 0.0514 e. The Morgan fingerprint density at radius 3 is 1.84 bits per heavy atom. The van der Waals surface area contributed by atoms with E-state index < -0.39 is 0 Å². The molecule has 4 aromatic carbocycles. The van der Waals surface area contributed by atoms with Gasteiger partial charge in [-0.25, -0.2) is 0 Å². The Balaban J connectivity index is 1.36. The molecule has 1 aliphatic heterocycles.